The molecule has 0 heterocycles. The first-order chi connectivity index (χ1) is 7.77. The summed E-state index contributed by atoms with van der Waals surface area (Å²) in [6.45, 7) is 6.45. The van der Waals surface area contributed by atoms with Crippen molar-refractivity contribution in [3.8, 4) is 0 Å². The van der Waals surface area contributed by atoms with Crippen molar-refractivity contribution in [2.75, 3.05) is 0 Å². The van der Waals surface area contributed by atoms with Crippen molar-refractivity contribution in [1.29, 1.82) is 0 Å². The standard InChI is InChI=1S/C13H12.C3H8/c1-9-5-6-11-8-7-10-3-2-4-12(9)13(10)11;1-3-2/h2-6H,7-8H2,1H3;3H2,1-2H3. The fourth-order valence-corrected chi connectivity index (χ4v) is 2.39. The van der Waals surface area contributed by atoms with Crippen molar-refractivity contribution >= 4 is 10.8 Å². The Morgan fingerprint density at radius 2 is 1.56 bits per heavy atom. The van der Waals surface area contributed by atoms with E-state index >= 15 is 0 Å². The van der Waals surface area contributed by atoms with Gasteiger partial charge >= 0.3 is 0 Å². The molecule has 0 aliphatic heterocycles. The Morgan fingerprint density at radius 1 is 0.938 bits per heavy atom. The number of rotatable bonds is 0. The third kappa shape index (κ3) is 1.84. The number of hydrogen-bond donors (Lipinski definition) is 0. The zero-order valence-electron chi connectivity index (χ0n) is 10.5. The van der Waals surface area contributed by atoms with Gasteiger partial charge in [0.25, 0.3) is 0 Å². The molecule has 84 valence electrons. The Bertz CT molecular complexity index is 484. The molecular weight excluding hydrogens is 192 g/mol. The van der Waals surface area contributed by atoms with Crippen molar-refractivity contribution in [1.82, 2.24) is 0 Å². The lowest BCUT2D eigenvalue weighted by Gasteiger charge is -2.04. The summed E-state index contributed by atoms with van der Waals surface area (Å²) in [4.78, 5) is 0. The van der Waals surface area contributed by atoms with Gasteiger partial charge in [-0.1, -0.05) is 50.6 Å². The van der Waals surface area contributed by atoms with Crippen molar-refractivity contribution in [2.24, 2.45) is 0 Å². The first-order valence-electron chi connectivity index (χ1n) is 6.28. The minimum Gasteiger partial charge on any atom is -0.0656 e. The monoisotopic (exact) mass is 212 g/mol. The zero-order chi connectivity index (χ0) is 11.5. The van der Waals surface area contributed by atoms with Crippen LogP contribution in [0.4, 0.5) is 0 Å². The van der Waals surface area contributed by atoms with Gasteiger partial charge in [0.1, 0.15) is 0 Å². The van der Waals surface area contributed by atoms with E-state index in [1.165, 1.54) is 46.7 Å². The van der Waals surface area contributed by atoms with Crippen LogP contribution in [0.25, 0.3) is 10.8 Å². The number of benzene rings is 2. The van der Waals surface area contributed by atoms with Crippen LogP contribution >= 0.6 is 0 Å². The Morgan fingerprint density at radius 3 is 2.25 bits per heavy atom. The summed E-state index contributed by atoms with van der Waals surface area (Å²) in [6.07, 6.45) is 3.71. The second-order valence-corrected chi connectivity index (χ2v) is 4.59. The highest BCUT2D eigenvalue weighted by molar-refractivity contribution is 5.92. The van der Waals surface area contributed by atoms with Gasteiger partial charge in [0.15, 0.2) is 0 Å². The van der Waals surface area contributed by atoms with Crippen LogP contribution in [0.3, 0.4) is 0 Å². The molecule has 0 nitrogen and oxygen atoms in total. The maximum absolute atomic E-state index is 2.29. The third-order valence-electron chi connectivity index (χ3n) is 3.09. The van der Waals surface area contributed by atoms with Gasteiger partial charge in [0.2, 0.25) is 0 Å². The van der Waals surface area contributed by atoms with Gasteiger partial charge in [-0.2, -0.15) is 0 Å². The molecule has 0 aromatic heterocycles. The Kier molecular flexibility index (Phi) is 3.28. The van der Waals surface area contributed by atoms with Gasteiger partial charge in [0, 0.05) is 0 Å². The summed E-state index contributed by atoms with van der Waals surface area (Å²) in [5.74, 6) is 0. The summed E-state index contributed by atoms with van der Waals surface area (Å²) < 4.78 is 0. The molecule has 0 unspecified atom stereocenters. The lowest BCUT2D eigenvalue weighted by Crippen LogP contribution is -1.81. The molecule has 2 aromatic rings. The largest absolute Gasteiger partial charge is 0.0656 e. The van der Waals surface area contributed by atoms with Gasteiger partial charge in [-0.3, -0.25) is 0 Å². The number of aryl methyl sites for hydroxylation is 3. The van der Waals surface area contributed by atoms with E-state index in [2.05, 4.69) is 51.1 Å². The van der Waals surface area contributed by atoms with E-state index in [0.29, 0.717) is 0 Å². The van der Waals surface area contributed by atoms with Gasteiger partial charge in [0.05, 0.1) is 0 Å². The van der Waals surface area contributed by atoms with Crippen molar-refractivity contribution in [2.45, 2.75) is 40.0 Å². The molecule has 16 heavy (non-hydrogen) atoms. The van der Waals surface area contributed by atoms with Gasteiger partial charge < -0.3 is 0 Å². The Hall–Kier alpha value is -1.30. The molecule has 0 heteroatoms. The second-order valence-electron chi connectivity index (χ2n) is 4.59. The first kappa shape index (κ1) is 11.2. The predicted molar refractivity (Wildman–Crippen MR) is 72.1 cm³/mol. The molecule has 1 aliphatic carbocycles. The summed E-state index contributed by atoms with van der Waals surface area (Å²) in [5.41, 5.74) is 4.48. The fourth-order valence-electron chi connectivity index (χ4n) is 2.39. The van der Waals surface area contributed by atoms with Crippen molar-refractivity contribution in [3.63, 3.8) is 0 Å². The normalized spacial score (nSPS) is 12.4. The molecule has 0 bridgehead atoms. The zero-order valence-corrected chi connectivity index (χ0v) is 10.5. The summed E-state index contributed by atoms with van der Waals surface area (Å²) >= 11 is 0. The minimum atomic E-state index is 1.23. The van der Waals surface area contributed by atoms with E-state index < -0.39 is 0 Å². The molecule has 0 amide bonds. The van der Waals surface area contributed by atoms with E-state index in [-0.39, 0.29) is 0 Å². The molecule has 0 saturated carbocycles. The Labute approximate surface area is 98.3 Å². The van der Waals surface area contributed by atoms with E-state index in [1.54, 1.807) is 0 Å². The molecule has 1 aliphatic rings. The van der Waals surface area contributed by atoms with Gasteiger partial charge in [-0.15, -0.1) is 0 Å². The second kappa shape index (κ2) is 4.69. The maximum Gasteiger partial charge on any atom is -0.0117 e. The van der Waals surface area contributed by atoms with Crippen LogP contribution in [-0.2, 0) is 12.8 Å². The van der Waals surface area contributed by atoms with E-state index in [9.17, 15) is 0 Å². The summed E-state index contributed by atoms with van der Waals surface area (Å²) in [7, 11) is 0. The lowest BCUT2D eigenvalue weighted by molar-refractivity contribution is 1.02. The number of hydrogen-bond acceptors (Lipinski definition) is 0. The van der Waals surface area contributed by atoms with Crippen LogP contribution in [0.5, 0.6) is 0 Å². The third-order valence-corrected chi connectivity index (χ3v) is 3.09. The molecule has 0 fully saturated rings. The molecule has 3 rings (SSSR count). The van der Waals surface area contributed by atoms with Crippen LogP contribution in [0.15, 0.2) is 30.3 Å². The van der Waals surface area contributed by atoms with E-state index in [0.717, 1.165) is 0 Å². The molecular formula is C16H20. The predicted octanol–water partition coefficient (Wildman–Crippen LogP) is 4.66. The van der Waals surface area contributed by atoms with Gasteiger partial charge in [-0.05, 0) is 47.2 Å². The first-order valence-corrected chi connectivity index (χ1v) is 6.28. The molecule has 0 saturated heterocycles. The van der Waals surface area contributed by atoms with Crippen LogP contribution in [0.2, 0.25) is 0 Å². The van der Waals surface area contributed by atoms with Crippen LogP contribution < -0.4 is 0 Å². The van der Waals surface area contributed by atoms with Crippen LogP contribution in [0, 0.1) is 6.92 Å². The van der Waals surface area contributed by atoms with Gasteiger partial charge in [-0.25, -0.2) is 0 Å². The van der Waals surface area contributed by atoms with Crippen LogP contribution in [-0.4, -0.2) is 0 Å². The van der Waals surface area contributed by atoms with Crippen LogP contribution in [0.1, 0.15) is 37.0 Å². The highest BCUT2D eigenvalue weighted by atomic mass is 14.2. The molecule has 0 radical (unpaired) electrons. The average Bonchev–Trinajstić information content (AvgIpc) is 2.70. The SMILES string of the molecule is CCC.Cc1ccc2c3c(cccc13)CC2. The highest BCUT2D eigenvalue weighted by Gasteiger charge is 2.13. The van der Waals surface area contributed by atoms with Crippen molar-refractivity contribution < 1.29 is 0 Å². The smallest absolute Gasteiger partial charge is 0.0117 e. The van der Waals surface area contributed by atoms with E-state index in [1.807, 2.05) is 0 Å². The summed E-state index contributed by atoms with van der Waals surface area (Å²) in [5, 5.41) is 2.98. The fraction of sp³-hybridized carbons (Fsp3) is 0.375. The maximum atomic E-state index is 2.29. The average molecular weight is 212 g/mol. The molecule has 0 spiro atoms. The molecule has 2 aromatic carbocycles. The van der Waals surface area contributed by atoms with E-state index in [4.69, 9.17) is 0 Å². The quantitative estimate of drug-likeness (QED) is 0.595. The Balaban J connectivity index is 0.000000292. The topological polar surface area (TPSA) is 0 Å². The summed E-state index contributed by atoms with van der Waals surface area (Å²) in [6, 6.07) is 11.2. The molecule has 0 atom stereocenters. The molecule has 0 N–H and O–H groups in total. The lowest BCUT2D eigenvalue weighted by atomic mass is 10.0. The highest BCUT2D eigenvalue weighted by Crippen LogP contribution is 2.32. The minimum absolute atomic E-state index is 1.23. The van der Waals surface area contributed by atoms with Crippen molar-refractivity contribution in [3.05, 3.63) is 47.0 Å².